The molecule has 0 radical (unpaired) electrons. The third-order valence-corrected chi connectivity index (χ3v) is 3.74. The molecule has 0 unspecified atom stereocenters. The second-order valence-electron chi connectivity index (χ2n) is 5.69. The minimum Gasteiger partial charge on any atom is -0.493 e. The minimum atomic E-state index is -0.187. The van der Waals surface area contributed by atoms with E-state index in [2.05, 4.69) is 5.32 Å². The zero-order valence-corrected chi connectivity index (χ0v) is 14.3. The predicted octanol–water partition coefficient (Wildman–Crippen LogP) is 2.66. The van der Waals surface area contributed by atoms with Crippen LogP contribution in [0.2, 0.25) is 0 Å². The Morgan fingerprint density at radius 2 is 1.84 bits per heavy atom. The number of methoxy groups -OCH3 is 1. The second kappa shape index (κ2) is 7.79. The fourth-order valence-electron chi connectivity index (χ4n) is 2.49. The Morgan fingerprint density at radius 1 is 1.12 bits per heavy atom. The first-order valence-electron chi connectivity index (χ1n) is 8.13. The zero-order valence-electron chi connectivity index (χ0n) is 14.3. The van der Waals surface area contributed by atoms with Gasteiger partial charge in [-0.05, 0) is 37.3 Å². The number of hydrogen-bond donors (Lipinski definition) is 1. The summed E-state index contributed by atoms with van der Waals surface area (Å²) in [5.41, 5.74) is 0.522. The van der Waals surface area contributed by atoms with E-state index in [0.29, 0.717) is 48.4 Å². The topological polar surface area (TPSA) is 66.0 Å². The van der Waals surface area contributed by atoms with E-state index >= 15 is 0 Å². The standard InChI is InChI=1S/C19H21NO5/c1-13(12-25-16-6-4-3-5-15(16)22-2)20-19(21)14-7-8-17-18(11-14)24-10-9-23-17/h3-8,11,13H,9-10,12H2,1-2H3,(H,20,21)/t13-/m1/s1. The average Bonchev–Trinajstić information content (AvgIpc) is 2.66. The second-order valence-corrected chi connectivity index (χ2v) is 5.69. The third-order valence-electron chi connectivity index (χ3n) is 3.74. The van der Waals surface area contributed by atoms with E-state index < -0.39 is 0 Å². The summed E-state index contributed by atoms with van der Waals surface area (Å²) in [7, 11) is 1.59. The molecule has 0 aliphatic carbocycles. The molecule has 1 N–H and O–H groups in total. The first kappa shape index (κ1) is 17.0. The Labute approximate surface area is 146 Å². The van der Waals surface area contributed by atoms with Gasteiger partial charge in [-0.15, -0.1) is 0 Å². The Bertz CT molecular complexity index is 746. The number of amides is 1. The number of para-hydroxylation sites is 2. The third kappa shape index (κ3) is 4.15. The monoisotopic (exact) mass is 343 g/mol. The van der Waals surface area contributed by atoms with Crippen LogP contribution in [0.4, 0.5) is 0 Å². The van der Waals surface area contributed by atoms with Crippen molar-refractivity contribution in [1.29, 1.82) is 0 Å². The van der Waals surface area contributed by atoms with Crippen LogP contribution in [0.3, 0.4) is 0 Å². The molecule has 1 amide bonds. The molecule has 3 rings (SSSR count). The van der Waals surface area contributed by atoms with Crippen molar-refractivity contribution in [1.82, 2.24) is 5.32 Å². The van der Waals surface area contributed by atoms with Crippen molar-refractivity contribution in [3.8, 4) is 23.0 Å². The Kier molecular flexibility index (Phi) is 5.28. The van der Waals surface area contributed by atoms with Crippen molar-refractivity contribution in [2.24, 2.45) is 0 Å². The maximum absolute atomic E-state index is 12.4. The summed E-state index contributed by atoms with van der Waals surface area (Å²) < 4.78 is 21.9. The molecule has 0 aromatic heterocycles. The molecule has 1 heterocycles. The molecule has 0 saturated carbocycles. The Balaban J connectivity index is 1.57. The van der Waals surface area contributed by atoms with Crippen molar-refractivity contribution in [3.05, 3.63) is 48.0 Å². The lowest BCUT2D eigenvalue weighted by atomic mass is 10.1. The number of rotatable bonds is 6. The van der Waals surface area contributed by atoms with Crippen molar-refractivity contribution < 1.29 is 23.7 Å². The first-order valence-corrected chi connectivity index (χ1v) is 8.13. The molecule has 0 bridgehead atoms. The summed E-state index contributed by atoms with van der Waals surface area (Å²) in [6.07, 6.45) is 0. The molecule has 132 valence electrons. The van der Waals surface area contributed by atoms with E-state index in [4.69, 9.17) is 18.9 Å². The van der Waals surface area contributed by atoms with Crippen molar-refractivity contribution >= 4 is 5.91 Å². The highest BCUT2D eigenvalue weighted by Gasteiger charge is 2.16. The van der Waals surface area contributed by atoms with Crippen LogP contribution in [0.1, 0.15) is 17.3 Å². The highest BCUT2D eigenvalue weighted by atomic mass is 16.6. The molecule has 0 fully saturated rings. The van der Waals surface area contributed by atoms with Gasteiger partial charge < -0.3 is 24.3 Å². The maximum Gasteiger partial charge on any atom is 0.251 e. The lowest BCUT2D eigenvalue weighted by Gasteiger charge is -2.19. The molecule has 25 heavy (non-hydrogen) atoms. The smallest absolute Gasteiger partial charge is 0.251 e. The summed E-state index contributed by atoms with van der Waals surface area (Å²) in [5, 5.41) is 2.91. The van der Waals surface area contributed by atoms with Gasteiger partial charge in [0.1, 0.15) is 19.8 Å². The molecule has 6 heteroatoms. The van der Waals surface area contributed by atoms with Crippen LogP contribution in [0, 0.1) is 0 Å². The highest BCUT2D eigenvalue weighted by molar-refractivity contribution is 5.95. The molecule has 2 aromatic rings. The van der Waals surface area contributed by atoms with Crippen molar-refractivity contribution in [3.63, 3.8) is 0 Å². The summed E-state index contributed by atoms with van der Waals surface area (Å²) in [5.74, 6) is 2.37. The first-order chi connectivity index (χ1) is 12.2. The molecular formula is C19H21NO5. The normalized spacial score (nSPS) is 13.7. The summed E-state index contributed by atoms with van der Waals surface area (Å²) in [4.78, 5) is 12.4. The Hall–Kier alpha value is -2.89. The quantitative estimate of drug-likeness (QED) is 0.873. The molecule has 1 atom stereocenters. The van der Waals surface area contributed by atoms with Crippen molar-refractivity contribution in [2.45, 2.75) is 13.0 Å². The average molecular weight is 343 g/mol. The number of fused-ring (bicyclic) bond motifs is 1. The number of ether oxygens (including phenoxy) is 4. The van der Waals surface area contributed by atoms with Crippen LogP contribution in [0.25, 0.3) is 0 Å². The van der Waals surface area contributed by atoms with Gasteiger partial charge in [-0.2, -0.15) is 0 Å². The van der Waals surface area contributed by atoms with E-state index in [9.17, 15) is 4.79 Å². The van der Waals surface area contributed by atoms with E-state index in [1.807, 2.05) is 31.2 Å². The van der Waals surface area contributed by atoms with Gasteiger partial charge in [0.05, 0.1) is 13.2 Å². The Morgan fingerprint density at radius 3 is 2.60 bits per heavy atom. The van der Waals surface area contributed by atoms with Crippen molar-refractivity contribution in [2.75, 3.05) is 26.9 Å². The number of hydrogen-bond acceptors (Lipinski definition) is 5. The fraction of sp³-hybridized carbons (Fsp3) is 0.316. The lowest BCUT2D eigenvalue weighted by molar-refractivity contribution is 0.0925. The SMILES string of the molecule is COc1ccccc1OC[C@@H](C)NC(=O)c1ccc2c(c1)OCCO2. The van der Waals surface area contributed by atoms with Gasteiger partial charge in [-0.1, -0.05) is 12.1 Å². The molecule has 2 aromatic carbocycles. The van der Waals surface area contributed by atoms with Crippen LogP contribution in [-0.2, 0) is 0 Å². The molecule has 0 saturated heterocycles. The van der Waals surface area contributed by atoms with Gasteiger partial charge in [0, 0.05) is 5.56 Å². The summed E-state index contributed by atoms with van der Waals surface area (Å²) >= 11 is 0. The fourth-order valence-corrected chi connectivity index (χ4v) is 2.49. The molecule has 6 nitrogen and oxygen atoms in total. The van der Waals surface area contributed by atoms with Gasteiger partial charge in [0.25, 0.3) is 5.91 Å². The summed E-state index contributed by atoms with van der Waals surface area (Å²) in [6.45, 7) is 3.22. The number of nitrogens with one attached hydrogen (secondary N) is 1. The lowest BCUT2D eigenvalue weighted by Crippen LogP contribution is -2.36. The molecule has 0 spiro atoms. The largest absolute Gasteiger partial charge is 0.493 e. The van der Waals surface area contributed by atoms with Crippen LogP contribution in [0.15, 0.2) is 42.5 Å². The molecule has 1 aliphatic rings. The van der Waals surface area contributed by atoms with Gasteiger partial charge in [-0.3, -0.25) is 4.79 Å². The number of carbonyl (C=O) groups excluding carboxylic acids is 1. The zero-order chi connectivity index (χ0) is 17.6. The highest BCUT2D eigenvalue weighted by Crippen LogP contribution is 2.30. The van der Waals surface area contributed by atoms with Crippen LogP contribution in [0.5, 0.6) is 23.0 Å². The molecule has 1 aliphatic heterocycles. The van der Waals surface area contributed by atoms with E-state index in [1.54, 1.807) is 25.3 Å². The van der Waals surface area contributed by atoms with Gasteiger partial charge in [0.15, 0.2) is 23.0 Å². The van der Waals surface area contributed by atoms with Gasteiger partial charge in [0.2, 0.25) is 0 Å². The van der Waals surface area contributed by atoms with Crippen LogP contribution < -0.4 is 24.3 Å². The van der Waals surface area contributed by atoms with E-state index in [0.717, 1.165) is 0 Å². The number of carbonyl (C=O) groups is 1. The maximum atomic E-state index is 12.4. The van der Waals surface area contributed by atoms with E-state index in [1.165, 1.54) is 0 Å². The van der Waals surface area contributed by atoms with E-state index in [-0.39, 0.29) is 11.9 Å². The molecular weight excluding hydrogens is 322 g/mol. The van der Waals surface area contributed by atoms with Crippen LogP contribution >= 0.6 is 0 Å². The van der Waals surface area contributed by atoms with Crippen LogP contribution in [-0.4, -0.2) is 38.9 Å². The van der Waals surface area contributed by atoms with Gasteiger partial charge >= 0.3 is 0 Å². The van der Waals surface area contributed by atoms with Gasteiger partial charge in [-0.25, -0.2) is 0 Å². The minimum absolute atomic E-state index is 0.175. The summed E-state index contributed by atoms with van der Waals surface area (Å²) in [6, 6.07) is 12.4. The predicted molar refractivity (Wildman–Crippen MR) is 92.8 cm³/mol. The number of benzene rings is 2.